The Labute approximate surface area is 115 Å². The lowest BCUT2D eigenvalue weighted by atomic mass is 10.2. The second kappa shape index (κ2) is 6.73. The number of likely N-dealkylation sites (N-methyl/N-ethyl adjacent to an activating group) is 1. The van der Waals surface area contributed by atoms with Gasteiger partial charge in [-0.2, -0.15) is 0 Å². The highest BCUT2D eigenvalue weighted by Gasteiger charge is 2.06. The Morgan fingerprint density at radius 3 is 2.84 bits per heavy atom. The lowest BCUT2D eigenvalue weighted by Crippen LogP contribution is -2.29. The van der Waals surface area contributed by atoms with Crippen LogP contribution in [0.3, 0.4) is 0 Å². The predicted molar refractivity (Wildman–Crippen MR) is 80.4 cm³/mol. The van der Waals surface area contributed by atoms with Crippen LogP contribution in [0, 0.1) is 6.92 Å². The first-order valence-corrected chi connectivity index (χ1v) is 7.07. The Morgan fingerprint density at radius 1 is 1.21 bits per heavy atom. The average molecular weight is 260 g/mol. The van der Waals surface area contributed by atoms with Gasteiger partial charge in [-0.05, 0) is 45.1 Å². The van der Waals surface area contributed by atoms with Crippen LogP contribution in [0.1, 0.15) is 24.7 Å². The molecule has 0 spiro atoms. The maximum Gasteiger partial charge on any atom is 0.134 e. The largest absolute Gasteiger partial charge is 0.460 e. The number of furan rings is 1. The number of hydrogen-bond donors (Lipinski definition) is 1. The summed E-state index contributed by atoms with van der Waals surface area (Å²) >= 11 is 0. The molecule has 0 radical (unpaired) electrons. The zero-order valence-corrected chi connectivity index (χ0v) is 12.2. The summed E-state index contributed by atoms with van der Waals surface area (Å²) in [6, 6.07) is 8.47. The molecule has 0 fully saturated rings. The molecular weight excluding hydrogens is 236 g/mol. The summed E-state index contributed by atoms with van der Waals surface area (Å²) in [4.78, 5) is 2.28. The molecule has 1 N–H and O–H groups in total. The van der Waals surface area contributed by atoms with Gasteiger partial charge >= 0.3 is 0 Å². The molecule has 3 heteroatoms. The van der Waals surface area contributed by atoms with E-state index >= 15 is 0 Å². The first-order valence-electron chi connectivity index (χ1n) is 7.07. The van der Waals surface area contributed by atoms with Crippen LogP contribution in [0.15, 0.2) is 28.7 Å². The molecule has 0 aliphatic rings. The van der Waals surface area contributed by atoms with E-state index in [-0.39, 0.29) is 0 Å². The van der Waals surface area contributed by atoms with Crippen molar-refractivity contribution < 1.29 is 4.42 Å². The Kier molecular flexibility index (Phi) is 5.00. The molecule has 0 aliphatic carbocycles. The Morgan fingerprint density at radius 2 is 2.05 bits per heavy atom. The minimum absolute atomic E-state index is 0.863. The van der Waals surface area contributed by atoms with E-state index in [1.165, 1.54) is 17.4 Å². The van der Waals surface area contributed by atoms with Crippen LogP contribution in [-0.4, -0.2) is 31.6 Å². The summed E-state index contributed by atoms with van der Waals surface area (Å²) < 4.78 is 5.86. The van der Waals surface area contributed by atoms with Gasteiger partial charge in [-0.15, -0.1) is 0 Å². The number of nitrogens with one attached hydrogen (secondary N) is 1. The Hall–Kier alpha value is -1.32. The van der Waals surface area contributed by atoms with E-state index in [4.69, 9.17) is 4.42 Å². The number of fused-ring (bicyclic) bond motifs is 1. The average Bonchev–Trinajstić information content (AvgIpc) is 2.76. The molecule has 0 unspecified atom stereocenters. The van der Waals surface area contributed by atoms with Gasteiger partial charge in [0, 0.05) is 18.5 Å². The molecule has 0 bridgehead atoms. The molecule has 0 amide bonds. The zero-order chi connectivity index (χ0) is 13.7. The fraction of sp³-hybridized carbons (Fsp3) is 0.500. The van der Waals surface area contributed by atoms with E-state index in [1.807, 2.05) is 0 Å². The van der Waals surface area contributed by atoms with Gasteiger partial charge in [0.05, 0.1) is 6.54 Å². The van der Waals surface area contributed by atoms with Gasteiger partial charge in [-0.25, -0.2) is 0 Å². The minimum Gasteiger partial charge on any atom is -0.460 e. The van der Waals surface area contributed by atoms with Crippen LogP contribution in [0.2, 0.25) is 0 Å². The van der Waals surface area contributed by atoms with E-state index in [9.17, 15) is 0 Å². The first kappa shape index (κ1) is 14.1. The third-order valence-corrected chi connectivity index (χ3v) is 3.25. The van der Waals surface area contributed by atoms with E-state index in [2.05, 4.69) is 55.4 Å². The topological polar surface area (TPSA) is 28.4 Å². The third kappa shape index (κ3) is 4.08. The number of benzene rings is 1. The lowest BCUT2D eigenvalue weighted by molar-refractivity contribution is 0.298. The first-order chi connectivity index (χ1) is 9.19. The summed E-state index contributed by atoms with van der Waals surface area (Å²) in [6.07, 6.45) is 1.19. The fourth-order valence-electron chi connectivity index (χ4n) is 2.21. The summed E-state index contributed by atoms with van der Waals surface area (Å²) in [6.45, 7) is 8.32. The molecule has 19 heavy (non-hydrogen) atoms. The molecule has 0 saturated carbocycles. The lowest BCUT2D eigenvalue weighted by Gasteiger charge is -2.15. The van der Waals surface area contributed by atoms with E-state index in [0.29, 0.717) is 0 Å². The van der Waals surface area contributed by atoms with Crippen molar-refractivity contribution in [3.8, 4) is 0 Å². The van der Waals surface area contributed by atoms with Crippen molar-refractivity contribution in [3.63, 3.8) is 0 Å². The van der Waals surface area contributed by atoms with Crippen LogP contribution in [-0.2, 0) is 6.54 Å². The molecule has 1 aromatic heterocycles. The van der Waals surface area contributed by atoms with Gasteiger partial charge in [-0.3, -0.25) is 4.90 Å². The van der Waals surface area contributed by atoms with Gasteiger partial charge < -0.3 is 9.73 Å². The third-order valence-electron chi connectivity index (χ3n) is 3.25. The Bertz CT molecular complexity index is 518. The van der Waals surface area contributed by atoms with Crippen molar-refractivity contribution in [3.05, 3.63) is 35.6 Å². The summed E-state index contributed by atoms with van der Waals surface area (Å²) in [7, 11) is 2.13. The summed E-state index contributed by atoms with van der Waals surface area (Å²) in [5.41, 5.74) is 2.26. The van der Waals surface area contributed by atoms with Crippen molar-refractivity contribution in [2.24, 2.45) is 0 Å². The normalized spacial score (nSPS) is 11.6. The Balaban J connectivity index is 1.89. The minimum atomic E-state index is 0.863. The number of nitrogens with zero attached hydrogens (tertiary/aromatic N) is 1. The highest BCUT2D eigenvalue weighted by atomic mass is 16.3. The van der Waals surface area contributed by atoms with Crippen molar-refractivity contribution in [2.45, 2.75) is 26.8 Å². The van der Waals surface area contributed by atoms with E-state index < -0.39 is 0 Å². The molecule has 0 atom stereocenters. The van der Waals surface area contributed by atoms with Gasteiger partial charge in [0.15, 0.2) is 0 Å². The predicted octanol–water partition coefficient (Wildman–Crippen LogP) is 3.17. The molecule has 0 aliphatic heterocycles. The van der Waals surface area contributed by atoms with Crippen molar-refractivity contribution in [1.82, 2.24) is 10.2 Å². The molecule has 0 saturated heterocycles. The monoisotopic (exact) mass is 260 g/mol. The highest BCUT2D eigenvalue weighted by molar-refractivity contribution is 5.78. The zero-order valence-electron chi connectivity index (χ0n) is 12.2. The molecule has 2 aromatic rings. The summed E-state index contributed by atoms with van der Waals surface area (Å²) in [5, 5.41) is 4.61. The second-order valence-electron chi connectivity index (χ2n) is 5.24. The highest BCUT2D eigenvalue weighted by Crippen LogP contribution is 2.21. The van der Waals surface area contributed by atoms with Crippen molar-refractivity contribution in [2.75, 3.05) is 26.7 Å². The van der Waals surface area contributed by atoms with Crippen LogP contribution < -0.4 is 5.32 Å². The van der Waals surface area contributed by atoms with Gasteiger partial charge in [0.1, 0.15) is 11.3 Å². The van der Waals surface area contributed by atoms with Crippen molar-refractivity contribution >= 4 is 11.0 Å². The van der Waals surface area contributed by atoms with Gasteiger partial charge in [0.25, 0.3) is 0 Å². The SMILES string of the molecule is CCCNCCN(C)Cc1cc2cc(C)ccc2o1. The molecule has 104 valence electrons. The molecule has 2 rings (SSSR count). The number of rotatable bonds is 7. The van der Waals surface area contributed by atoms with Crippen LogP contribution >= 0.6 is 0 Å². The second-order valence-corrected chi connectivity index (χ2v) is 5.24. The van der Waals surface area contributed by atoms with Crippen LogP contribution in [0.25, 0.3) is 11.0 Å². The maximum atomic E-state index is 5.86. The number of aryl methyl sites for hydroxylation is 1. The molecule has 1 aromatic carbocycles. The summed E-state index contributed by atoms with van der Waals surface area (Å²) in [5.74, 6) is 1.04. The van der Waals surface area contributed by atoms with E-state index in [0.717, 1.165) is 37.5 Å². The van der Waals surface area contributed by atoms with Crippen LogP contribution in [0.5, 0.6) is 0 Å². The van der Waals surface area contributed by atoms with E-state index in [1.54, 1.807) is 0 Å². The molecule has 3 nitrogen and oxygen atoms in total. The van der Waals surface area contributed by atoms with Gasteiger partial charge in [0.2, 0.25) is 0 Å². The molecule has 1 heterocycles. The fourth-order valence-corrected chi connectivity index (χ4v) is 2.21. The van der Waals surface area contributed by atoms with Crippen LogP contribution in [0.4, 0.5) is 0 Å². The molecular formula is C16H24N2O. The van der Waals surface area contributed by atoms with Gasteiger partial charge in [-0.1, -0.05) is 18.6 Å². The van der Waals surface area contributed by atoms with Crippen molar-refractivity contribution in [1.29, 1.82) is 0 Å². The maximum absolute atomic E-state index is 5.86. The number of hydrogen-bond acceptors (Lipinski definition) is 3. The smallest absolute Gasteiger partial charge is 0.134 e. The quantitative estimate of drug-likeness (QED) is 0.775. The standard InChI is InChI=1S/C16H24N2O/c1-4-7-17-8-9-18(3)12-15-11-14-10-13(2)5-6-16(14)19-15/h5-6,10-11,17H,4,7-9,12H2,1-3H3.